The van der Waals surface area contributed by atoms with Crippen molar-refractivity contribution in [3.8, 4) is 0 Å². The number of nitrogens with zero attached hydrogens (tertiary/aromatic N) is 1. The van der Waals surface area contributed by atoms with Crippen molar-refractivity contribution in [1.29, 1.82) is 0 Å². The minimum Gasteiger partial charge on any atom is -0.376 e. The van der Waals surface area contributed by atoms with Gasteiger partial charge in [0.2, 0.25) is 0 Å². The molecule has 3 nitrogen and oxygen atoms in total. The highest BCUT2D eigenvalue weighted by Gasteiger charge is 2.38. The van der Waals surface area contributed by atoms with E-state index in [9.17, 15) is 0 Å². The van der Waals surface area contributed by atoms with Gasteiger partial charge in [-0.2, -0.15) is 0 Å². The van der Waals surface area contributed by atoms with Crippen LogP contribution in [0.5, 0.6) is 0 Å². The van der Waals surface area contributed by atoms with Gasteiger partial charge in [-0.05, 0) is 23.8 Å². The van der Waals surface area contributed by atoms with Crippen molar-refractivity contribution in [3.63, 3.8) is 0 Å². The van der Waals surface area contributed by atoms with E-state index in [1.54, 1.807) is 0 Å². The predicted molar refractivity (Wildman–Crippen MR) is 86.1 cm³/mol. The summed E-state index contributed by atoms with van der Waals surface area (Å²) in [6.07, 6.45) is 10.8. The molecule has 1 aromatic heterocycles. The topological polar surface area (TPSA) is 48.1 Å². The second-order valence-corrected chi connectivity index (χ2v) is 6.11. The van der Waals surface area contributed by atoms with Gasteiger partial charge in [0, 0.05) is 24.9 Å². The minimum atomic E-state index is -0.248. The molecule has 0 radical (unpaired) electrons. The van der Waals surface area contributed by atoms with Gasteiger partial charge in [-0.15, -0.1) is 0 Å². The molecule has 3 rings (SSSR count). The average molecular weight is 284 g/mol. The normalized spacial score (nSPS) is 20.1. The molecular formula is C18H24N2O. The number of aromatic nitrogens is 1. The predicted octanol–water partition coefficient (Wildman–Crippen LogP) is 3.97. The molecule has 0 amide bonds. The fourth-order valence-corrected chi connectivity index (χ4v) is 3.64. The summed E-state index contributed by atoms with van der Waals surface area (Å²) in [4.78, 5) is 4.38. The number of fused-ring (bicyclic) bond motifs is 1. The van der Waals surface area contributed by atoms with Gasteiger partial charge >= 0.3 is 0 Å². The van der Waals surface area contributed by atoms with E-state index in [1.165, 1.54) is 31.1 Å². The molecule has 1 aromatic carbocycles. The Morgan fingerprint density at radius 3 is 2.52 bits per heavy atom. The molecule has 112 valence electrons. The van der Waals surface area contributed by atoms with E-state index in [2.05, 4.69) is 23.2 Å². The highest BCUT2D eigenvalue weighted by molar-refractivity contribution is 5.85. The summed E-state index contributed by atoms with van der Waals surface area (Å²) in [5, 5.41) is 2.34. The lowest BCUT2D eigenvalue weighted by Crippen LogP contribution is -2.42. The second-order valence-electron chi connectivity index (χ2n) is 6.11. The van der Waals surface area contributed by atoms with Crippen LogP contribution in [0.15, 0.2) is 36.7 Å². The van der Waals surface area contributed by atoms with Crippen LogP contribution >= 0.6 is 0 Å². The molecule has 3 heteroatoms. The van der Waals surface area contributed by atoms with Crippen LogP contribution in [0.4, 0.5) is 0 Å². The van der Waals surface area contributed by atoms with Crippen LogP contribution in [0.25, 0.3) is 10.8 Å². The summed E-state index contributed by atoms with van der Waals surface area (Å²) in [6, 6.07) is 8.19. The van der Waals surface area contributed by atoms with E-state index in [4.69, 9.17) is 10.5 Å². The molecule has 1 atom stereocenters. The van der Waals surface area contributed by atoms with Gasteiger partial charge in [-0.25, -0.2) is 0 Å². The van der Waals surface area contributed by atoms with Gasteiger partial charge < -0.3 is 10.5 Å². The Hall–Kier alpha value is -1.45. The number of benzene rings is 1. The van der Waals surface area contributed by atoms with E-state index in [0.717, 1.165) is 23.8 Å². The number of ether oxygens (including phenoxy) is 1. The summed E-state index contributed by atoms with van der Waals surface area (Å²) >= 11 is 0. The van der Waals surface area contributed by atoms with E-state index in [1.807, 2.05) is 25.6 Å². The molecule has 0 saturated heterocycles. The fraction of sp³-hybridized carbons (Fsp3) is 0.500. The summed E-state index contributed by atoms with van der Waals surface area (Å²) in [7, 11) is 1.81. The monoisotopic (exact) mass is 284 g/mol. The number of nitrogens with two attached hydrogens (primary N) is 1. The Balaban J connectivity index is 2.03. The summed E-state index contributed by atoms with van der Waals surface area (Å²) in [5.74, 6) is 0. The third-order valence-electron chi connectivity index (χ3n) is 4.96. The van der Waals surface area contributed by atoms with Gasteiger partial charge in [0.15, 0.2) is 0 Å². The first kappa shape index (κ1) is 14.5. The lowest BCUT2D eigenvalue weighted by molar-refractivity contribution is -0.0439. The van der Waals surface area contributed by atoms with Crippen molar-refractivity contribution in [1.82, 2.24) is 4.98 Å². The molecule has 1 aliphatic rings. The first-order valence-corrected chi connectivity index (χ1v) is 7.90. The Bertz CT molecular complexity index is 598. The summed E-state index contributed by atoms with van der Waals surface area (Å²) in [5.41, 5.74) is 7.55. The van der Waals surface area contributed by atoms with Crippen LogP contribution < -0.4 is 5.73 Å². The van der Waals surface area contributed by atoms with Crippen molar-refractivity contribution in [3.05, 3.63) is 42.2 Å². The third kappa shape index (κ3) is 2.68. The molecule has 0 spiro atoms. The lowest BCUT2D eigenvalue weighted by Gasteiger charge is -2.37. The van der Waals surface area contributed by atoms with Crippen LogP contribution in [0.3, 0.4) is 0 Å². The summed E-state index contributed by atoms with van der Waals surface area (Å²) in [6.45, 7) is 0. The highest BCUT2D eigenvalue weighted by Crippen LogP contribution is 2.40. The lowest BCUT2D eigenvalue weighted by atomic mass is 9.82. The Morgan fingerprint density at radius 2 is 1.81 bits per heavy atom. The molecular weight excluding hydrogens is 260 g/mol. The third-order valence-corrected chi connectivity index (χ3v) is 4.96. The Morgan fingerprint density at radius 1 is 1.10 bits per heavy atom. The quantitative estimate of drug-likeness (QED) is 0.867. The molecule has 1 heterocycles. The number of methoxy groups -OCH3 is 1. The molecule has 0 bridgehead atoms. The minimum absolute atomic E-state index is 0.126. The zero-order valence-electron chi connectivity index (χ0n) is 12.7. The molecule has 1 unspecified atom stereocenters. The van der Waals surface area contributed by atoms with Gasteiger partial charge in [0.05, 0.1) is 11.6 Å². The number of pyridine rings is 1. The van der Waals surface area contributed by atoms with Crippen LogP contribution in [-0.2, 0) is 4.74 Å². The largest absolute Gasteiger partial charge is 0.376 e. The van der Waals surface area contributed by atoms with Crippen molar-refractivity contribution in [2.75, 3.05) is 7.11 Å². The second kappa shape index (κ2) is 6.12. The molecule has 0 aliphatic heterocycles. The average Bonchev–Trinajstić information content (AvgIpc) is 2.80. The van der Waals surface area contributed by atoms with E-state index < -0.39 is 0 Å². The van der Waals surface area contributed by atoms with Crippen molar-refractivity contribution >= 4 is 10.8 Å². The van der Waals surface area contributed by atoms with Gasteiger partial charge in [-0.3, -0.25) is 4.98 Å². The maximum Gasteiger partial charge on any atom is 0.0871 e. The molecule has 21 heavy (non-hydrogen) atoms. The van der Waals surface area contributed by atoms with E-state index in [0.29, 0.717) is 0 Å². The van der Waals surface area contributed by atoms with Crippen molar-refractivity contribution in [2.24, 2.45) is 5.73 Å². The first-order chi connectivity index (χ1) is 10.3. The highest BCUT2D eigenvalue weighted by atomic mass is 16.5. The SMILES string of the molecule is COC1(C(N)c2cncc3ccccc23)CCCCCC1. The zero-order chi connectivity index (χ0) is 14.7. The van der Waals surface area contributed by atoms with Crippen LogP contribution in [0, 0.1) is 0 Å². The zero-order valence-corrected chi connectivity index (χ0v) is 12.7. The number of hydrogen-bond donors (Lipinski definition) is 1. The molecule has 1 saturated carbocycles. The molecule has 1 aliphatic carbocycles. The smallest absolute Gasteiger partial charge is 0.0871 e. The summed E-state index contributed by atoms with van der Waals surface area (Å²) < 4.78 is 5.97. The van der Waals surface area contributed by atoms with Gasteiger partial charge in [-0.1, -0.05) is 49.9 Å². The molecule has 2 aromatic rings. The van der Waals surface area contributed by atoms with E-state index in [-0.39, 0.29) is 11.6 Å². The van der Waals surface area contributed by atoms with Crippen LogP contribution in [0.1, 0.15) is 50.1 Å². The number of hydrogen-bond acceptors (Lipinski definition) is 3. The standard InChI is InChI=1S/C18H24N2O/c1-21-18(10-6-2-3-7-11-18)17(19)16-13-20-12-14-8-4-5-9-15(14)16/h4-5,8-9,12-13,17H,2-3,6-7,10-11,19H2,1H3. The van der Waals surface area contributed by atoms with E-state index >= 15 is 0 Å². The van der Waals surface area contributed by atoms with Gasteiger partial charge in [0.25, 0.3) is 0 Å². The van der Waals surface area contributed by atoms with Crippen molar-refractivity contribution in [2.45, 2.75) is 50.2 Å². The van der Waals surface area contributed by atoms with Crippen molar-refractivity contribution < 1.29 is 4.74 Å². The molecule has 2 N–H and O–H groups in total. The molecule has 1 fully saturated rings. The first-order valence-electron chi connectivity index (χ1n) is 7.90. The van der Waals surface area contributed by atoms with Crippen LogP contribution in [0.2, 0.25) is 0 Å². The Kier molecular flexibility index (Phi) is 4.22. The van der Waals surface area contributed by atoms with Crippen LogP contribution in [-0.4, -0.2) is 17.7 Å². The Labute approximate surface area is 126 Å². The maximum atomic E-state index is 6.69. The van der Waals surface area contributed by atoms with Gasteiger partial charge in [0.1, 0.15) is 0 Å². The fourth-order valence-electron chi connectivity index (χ4n) is 3.64. The number of rotatable bonds is 3. The maximum absolute atomic E-state index is 6.69.